The molecule has 1 aliphatic carbocycles. The first-order valence-electron chi connectivity index (χ1n) is 15.3. The number of carbonyl (C=O) groups is 2. The van der Waals surface area contributed by atoms with Gasteiger partial charge in [0.2, 0.25) is 5.91 Å². The summed E-state index contributed by atoms with van der Waals surface area (Å²) in [6, 6.07) is 11.7. The van der Waals surface area contributed by atoms with Crippen LogP contribution in [0.5, 0.6) is 0 Å². The maximum atomic E-state index is 15.5. The number of carbonyl (C=O) groups excluding carboxylic acids is 2. The first-order chi connectivity index (χ1) is 21.9. The number of pyridine rings is 2. The van der Waals surface area contributed by atoms with Crippen molar-refractivity contribution in [1.82, 2.24) is 19.6 Å². The number of anilines is 2. The van der Waals surface area contributed by atoms with Crippen molar-refractivity contribution in [2.75, 3.05) is 24.3 Å². The van der Waals surface area contributed by atoms with Crippen molar-refractivity contribution >= 4 is 46.0 Å². The Morgan fingerprint density at radius 3 is 2.52 bits per heavy atom. The van der Waals surface area contributed by atoms with Gasteiger partial charge in [0.05, 0.1) is 43.8 Å². The standard InChI is InChI=1S/C33H40ClFN6O4S/c1-32(2,3)46(44)40-33(15-14-21-8-9-21,28-7-5-6-16-36-28)22-10-12-25(35)26(17-22)38-30(42)27-18-24(45-4)20-41(27)31(43)39-29-13-11-23(34)19-37-29/h5-7,10-13,16-17,19,21,24,27,40H,8-9,14-15,18,20H2,1-4H3,(H,38,42)(H,37,39,43)/t24-,27-,33?,46?/m1/s1. The van der Waals surface area contributed by atoms with Gasteiger partial charge in [-0.15, -0.1) is 0 Å². The molecular weight excluding hydrogens is 631 g/mol. The number of aromatic nitrogens is 2. The number of halogens is 2. The summed E-state index contributed by atoms with van der Waals surface area (Å²) in [5, 5.41) is 5.83. The molecule has 46 heavy (non-hydrogen) atoms. The summed E-state index contributed by atoms with van der Waals surface area (Å²) in [5.74, 6) is -0.384. The fourth-order valence-corrected chi connectivity index (χ4v) is 6.57. The van der Waals surface area contributed by atoms with Gasteiger partial charge in [-0.1, -0.05) is 36.6 Å². The molecule has 2 aliphatic rings. The molecule has 5 rings (SSSR count). The third-order valence-corrected chi connectivity index (χ3v) is 10.3. The highest BCUT2D eigenvalue weighted by atomic mass is 35.5. The fourth-order valence-electron chi connectivity index (χ4n) is 5.51. The molecule has 2 fully saturated rings. The van der Waals surface area contributed by atoms with E-state index < -0.39 is 51.2 Å². The predicted molar refractivity (Wildman–Crippen MR) is 177 cm³/mol. The van der Waals surface area contributed by atoms with Crippen LogP contribution in [0.15, 0.2) is 60.9 Å². The van der Waals surface area contributed by atoms with Gasteiger partial charge < -0.3 is 15.0 Å². The van der Waals surface area contributed by atoms with Crippen molar-refractivity contribution in [3.8, 4) is 0 Å². The lowest BCUT2D eigenvalue weighted by Gasteiger charge is -2.37. The molecule has 3 amide bonds. The molecule has 13 heteroatoms. The minimum Gasteiger partial charge on any atom is -0.380 e. The Balaban J connectivity index is 1.46. The highest BCUT2D eigenvalue weighted by Gasteiger charge is 2.43. The highest BCUT2D eigenvalue weighted by molar-refractivity contribution is 7.84. The maximum absolute atomic E-state index is 15.5. The van der Waals surface area contributed by atoms with Gasteiger partial charge in [-0.05, 0) is 81.5 Å². The van der Waals surface area contributed by atoms with Gasteiger partial charge in [0, 0.05) is 32.5 Å². The maximum Gasteiger partial charge on any atom is 0.323 e. The van der Waals surface area contributed by atoms with Crippen molar-refractivity contribution in [1.29, 1.82) is 0 Å². The highest BCUT2D eigenvalue weighted by Crippen LogP contribution is 2.42. The van der Waals surface area contributed by atoms with Crippen LogP contribution in [0.3, 0.4) is 0 Å². The molecule has 3 heterocycles. The van der Waals surface area contributed by atoms with E-state index >= 15 is 4.39 Å². The van der Waals surface area contributed by atoms with Crippen LogP contribution in [0.25, 0.3) is 0 Å². The topological polar surface area (TPSA) is 126 Å². The molecular formula is C33H40ClFN6O4S. The second-order valence-electron chi connectivity index (χ2n) is 12.8. The zero-order valence-electron chi connectivity index (χ0n) is 26.4. The van der Waals surface area contributed by atoms with Crippen LogP contribution in [0.2, 0.25) is 5.02 Å². The van der Waals surface area contributed by atoms with E-state index in [1.54, 1.807) is 30.5 Å². The molecule has 0 bridgehead atoms. The number of ether oxygens (including phenoxy) is 1. The second-order valence-corrected chi connectivity index (χ2v) is 15.2. The lowest BCUT2D eigenvalue weighted by atomic mass is 9.82. The van der Waals surface area contributed by atoms with Gasteiger partial charge in [-0.3, -0.25) is 15.1 Å². The molecule has 2 unspecified atom stereocenters. The van der Waals surface area contributed by atoms with Gasteiger partial charge in [0.1, 0.15) is 17.7 Å². The number of nitrogens with zero attached hydrogens (tertiary/aromatic N) is 3. The molecule has 1 saturated heterocycles. The third-order valence-electron chi connectivity index (χ3n) is 8.39. The summed E-state index contributed by atoms with van der Waals surface area (Å²) in [6.07, 6.45) is 6.60. The van der Waals surface area contributed by atoms with Crippen molar-refractivity contribution in [3.05, 3.63) is 83.0 Å². The van der Waals surface area contributed by atoms with Gasteiger partial charge in [0.25, 0.3) is 0 Å². The Hall–Kier alpha value is -3.45. The van der Waals surface area contributed by atoms with Crippen molar-refractivity contribution in [3.63, 3.8) is 0 Å². The number of methoxy groups -OCH3 is 1. The van der Waals surface area contributed by atoms with E-state index in [9.17, 15) is 13.8 Å². The Morgan fingerprint density at radius 2 is 1.89 bits per heavy atom. The van der Waals surface area contributed by atoms with E-state index in [0.29, 0.717) is 28.6 Å². The molecule has 0 radical (unpaired) electrons. The van der Waals surface area contributed by atoms with Crippen LogP contribution in [0, 0.1) is 11.7 Å². The van der Waals surface area contributed by atoms with Crippen LogP contribution < -0.4 is 15.4 Å². The van der Waals surface area contributed by atoms with E-state index in [1.807, 2.05) is 39.0 Å². The molecule has 246 valence electrons. The quantitative estimate of drug-likeness (QED) is 0.229. The summed E-state index contributed by atoms with van der Waals surface area (Å²) < 4.78 is 37.4. The Labute approximate surface area is 276 Å². The van der Waals surface area contributed by atoms with Gasteiger partial charge >= 0.3 is 6.03 Å². The zero-order valence-corrected chi connectivity index (χ0v) is 28.0. The molecule has 3 aromatic rings. The number of benzene rings is 1. The number of amides is 3. The fraction of sp³-hybridized carbons (Fsp3) is 0.455. The molecule has 1 saturated carbocycles. The zero-order chi connectivity index (χ0) is 33.1. The number of urea groups is 1. The molecule has 2 aromatic heterocycles. The summed E-state index contributed by atoms with van der Waals surface area (Å²) in [4.78, 5) is 37.1. The average molecular weight is 671 g/mol. The van der Waals surface area contributed by atoms with Gasteiger partial charge in [0.15, 0.2) is 0 Å². The number of rotatable bonds is 11. The summed E-state index contributed by atoms with van der Waals surface area (Å²) in [6.45, 7) is 5.81. The number of hydrogen-bond donors (Lipinski definition) is 3. The summed E-state index contributed by atoms with van der Waals surface area (Å²) >= 11 is 5.91. The Bertz CT molecular complexity index is 1570. The first-order valence-corrected chi connectivity index (χ1v) is 16.9. The van der Waals surface area contributed by atoms with Crippen molar-refractivity contribution < 1.29 is 22.9 Å². The molecule has 4 atom stereocenters. The summed E-state index contributed by atoms with van der Waals surface area (Å²) in [7, 11) is 0.00344. The monoisotopic (exact) mass is 670 g/mol. The van der Waals surface area contributed by atoms with E-state index in [0.717, 1.165) is 19.3 Å². The van der Waals surface area contributed by atoms with Gasteiger partial charge in [-0.25, -0.2) is 23.1 Å². The predicted octanol–water partition coefficient (Wildman–Crippen LogP) is 6.01. The second kappa shape index (κ2) is 14.1. The summed E-state index contributed by atoms with van der Waals surface area (Å²) in [5.41, 5.74) is 0.180. The molecule has 1 aliphatic heterocycles. The van der Waals surface area contributed by atoms with Crippen molar-refractivity contribution in [2.45, 2.75) is 75.3 Å². The van der Waals surface area contributed by atoms with Crippen LogP contribution >= 0.6 is 11.6 Å². The van der Waals surface area contributed by atoms with E-state index in [-0.39, 0.29) is 24.5 Å². The molecule has 0 spiro atoms. The van der Waals surface area contributed by atoms with Crippen LogP contribution in [-0.2, 0) is 26.1 Å². The van der Waals surface area contributed by atoms with E-state index in [1.165, 1.54) is 24.3 Å². The molecule has 1 aromatic carbocycles. The normalized spacial score (nSPS) is 20.2. The molecule has 3 N–H and O–H groups in total. The molecule has 10 nitrogen and oxygen atoms in total. The smallest absolute Gasteiger partial charge is 0.323 e. The minimum atomic E-state index is -1.51. The van der Waals surface area contributed by atoms with Crippen LogP contribution in [-0.4, -0.2) is 61.6 Å². The van der Waals surface area contributed by atoms with Crippen LogP contribution in [0.1, 0.15) is 64.1 Å². The van der Waals surface area contributed by atoms with Crippen LogP contribution in [0.4, 0.5) is 20.7 Å². The first kappa shape index (κ1) is 33.9. The minimum absolute atomic E-state index is 0.0573. The Morgan fingerprint density at radius 1 is 1.11 bits per heavy atom. The van der Waals surface area contributed by atoms with Crippen molar-refractivity contribution in [2.24, 2.45) is 5.92 Å². The third kappa shape index (κ3) is 7.91. The largest absolute Gasteiger partial charge is 0.380 e. The van der Waals surface area contributed by atoms with Gasteiger partial charge in [-0.2, -0.15) is 0 Å². The number of hydrogen-bond acceptors (Lipinski definition) is 6. The number of likely N-dealkylation sites (tertiary alicyclic amines) is 1. The lowest BCUT2D eigenvalue weighted by Crippen LogP contribution is -2.49. The Kier molecular flexibility index (Phi) is 10.4. The SMILES string of the molecule is CO[C@@H]1C[C@H](C(=O)Nc2cc(C(CCC3CC3)(NS(=O)C(C)(C)C)c3ccccn3)ccc2F)N(C(=O)Nc2ccc(Cl)cn2)C1. The lowest BCUT2D eigenvalue weighted by molar-refractivity contribution is -0.119. The number of nitrogens with one attached hydrogen (secondary N) is 3. The average Bonchev–Trinajstić information content (AvgIpc) is 3.76. The van der Waals surface area contributed by atoms with E-state index in [2.05, 4.69) is 25.3 Å². The van der Waals surface area contributed by atoms with E-state index in [4.69, 9.17) is 16.3 Å².